The Hall–Kier alpha value is -1.21. The molecule has 1 aliphatic carbocycles. The summed E-state index contributed by atoms with van der Waals surface area (Å²) in [4.78, 5) is 1.53. The van der Waals surface area contributed by atoms with Crippen molar-refractivity contribution in [2.24, 2.45) is 5.92 Å². The Kier molecular flexibility index (Phi) is 3.02. The number of hydrogen-bond donors (Lipinski definition) is 1. The van der Waals surface area contributed by atoms with E-state index in [0.717, 1.165) is 18.5 Å². The van der Waals surface area contributed by atoms with Gasteiger partial charge in [-0.1, -0.05) is 0 Å². The van der Waals surface area contributed by atoms with Crippen LogP contribution in [-0.2, 0) is 9.84 Å². The second kappa shape index (κ2) is 4.39. The molecule has 7 heteroatoms. The van der Waals surface area contributed by atoms with E-state index in [1.807, 2.05) is 4.90 Å². The van der Waals surface area contributed by atoms with Crippen LogP contribution in [0.3, 0.4) is 0 Å². The summed E-state index contributed by atoms with van der Waals surface area (Å²) >= 11 is 0. The number of hydrogen-bond acceptors (Lipinski definition) is 4. The third-order valence-electron chi connectivity index (χ3n) is 4.03. The van der Waals surface area contributed by atoms with Crippen molar-refractivity contribution in [2.75, 3.05) is 18.0 Å². The van der Waals surface area contributed by atoms with Gasteiger partial charge in [0.15, 0.2) is 0 Å². The molecule has 1 saturated heterocycles. The summed E-state index contributed by atoms with van der Waals surface area (Å²) in [5.41, 5.74) is 0.108. The zero-order valence-electron chi connectivity index (χ0n) is 10.7. The Balaban J connectivity index is 1.72. The van der Waals surface area contributed by atoms with Gasteiger partial charge in [0, 0.05) is 18.8 Å². The molecule has 0 atom stereocenters. The molecule has 110 valence electrons. The van der Waals surface area contributed by atoms with E-state index in [0.29, 0.717) is 19.0 Å². The number of aliphatic hydroxyl groups is 1. The summed E-state index contributed by atoms with van der Waals surface area (Å²) in [5.74, 6) is -3.03. The van der Waals surface area contributed by atoms with Crippen LogP contribution in [0.4, 0.5) is 14.5 Å². The van der Waals surface area contributed by atoms with Crippen LogP contribution in [0.25, 0.3) is 0 Å². The van der Waals surface area contributed by atoms with Crippen molar-refractivity contribution in [1.82, 2.24) is 0 Å². The summed E-state index contributed by atoms with van der Waals surface area (Å²) < 4.78 is 47.4. The molecule has 2 fully saturated rings. The summed E-state index contributed by atoms with van der Waals surface area (Å²) in [7, 11) is -4.54. The first-order valence-electron chi connectivity index (χ1n) is 6.42. The van der Waals surface area contributed by atoms with E-state index in [-0.39, 0.29) is 4.90 Å². The number of nitrogens with zero attached hydrogens (tertiary/aromatic N) is 1. The van der Waals surface area contributed by atoms with Crippen molar-refractivity contribution in [1.29, 1.82) is 0 Å². The zero-order valence-corrected chi connectivity index (χ0v) is 11.5. The maximum atomic E-state index is 12.4. The van der Waals surface area contributed by atoms with Gasteiger partial charge in [0.05, 0.1) is 4.90 Å². The van der Waals surface area contributed by atoms with E-state index in [1.165, 1.54) is 24.3 Å². The van der Waals surface area contributed by atoms with Crippen molar-refractivity contribution in [2.45, 2.75) is 29.1 Å². The van der Waals surface area contributed by atoms with Crippen molar-refractivity contribution >= 4 is 15.5 Å². The van der Waals surface area contributed by atoms with Crippen molar-refractivity contribution in [3.63, 3.8) is 0 Å². The highest BCUT2D eigenvalue weighted by atomic mass is 32.2. The number of rotatable bonds is 4. The fourth-order valence-electron chi connectivity index (χ4n) is 2.63. The third kappa shape index (κ3) is 2.18. The summed E-state index contributed by atoms with van der Waals surface area (Å²) in [6, 6.07) is 5.38. The quantitative estimate of drug-likeness (QED) is 0.919. The average molecular weight is 303 g/mol. The van der Waals surface area contributed by atoms with E-state index in [2.05, 4.69) is 0 Å². The van der Waals surface area contributed by atoms with E-state index < -0.39 is 21.2 Å². The maximum Gasteiger partial charge on any atom is 0.341 e. The predicted molar refractivity (Wildman–Crippen MR) is 69.5 cm³/mol. The van der Waals surface area contributed by atoms with Gasteiger partial charge in [-0.05, 0) is 43.0 Å². The number of alkyl halides is 2. The van der Waals surface area contributed by atoms with Crippen molar-refractivity contribution in [3.05, 3.63) is 24.3 Å². The number of benzene rings is 1. The average Bonchev–Trinajstić information content (AvgIpc) is 3.19. The van der Waals surface area contributed by atoms with Gasteiger partial charge in [0.2, 0.25) is 9.84 Å². The molecular formula is C13H15F2NO3S. The smallest absolute Gasteiger partial charge is 0.341 e. The lowest BCUT2D eigenvalue weighted by Gasteiger charge is -2.48. The number of halogens is 2. The molecule has 1 aromatic rings. The lowest BCUT2D eigenvalue weighted by Crippen LogP contribution is -2.63. The maximum absolute atomic E-state index is 12.4. The van der Waals surface area contributed by atoms with Crippen LogP contribution in [0.15, 0.2) is 29.2 Å². The minimum Gasteiger partial charge on any atom is -0.386 e. The molecule has 1 aliphatic heterocycles. The van der Waals surface area contributed by atoms with Crippen LogP contribution >= 0.6 is 0 Å². The summed E-state index contributed by atoms with van der Waals surface area (Å²) in [6.45, 7) is 1.03. The Labute approximate surface area is 115 Å². The van der Waals surface area contributed by atoms with E-state index >= 15 is 0 Å². The number of anilines is 1. The zero-order chi connectivity index (χ0) is 14.5. The predicted octanol–water partition coefficient (Wildman–Crippen LogP) is 1.64. The number of sulfone groups is 1. The van der Waals surface area contributed by atoms with E-state index in [1.54, 1.807) is 0 Å². The van der Waals surface area contributed by atoms with Crippen LogP contribution in [0.2, 0.25) is 0 Å². The van der Waals surface area contributed by atoms with Crippen LogP contribution in [0, 0.1) is 5.92 Å². The number of β-amino-alcohol motifs (C(OH)–C–C–N with tert-alkyl or cyclic N) is 1. The van der Waals surface area contributed by atoms with Crippen LogP contribution in [-0.4, -0.2) is 38.0 Å². The Morgan fingerprint density at radius 1 is 1.20 bits per heavy atom. The van der Waals surface area contributed by atoms with Crippen molar-refractivity contribution < 1.29 is 22.3 Å². The molecule has 1 heterocycles. The van der Waals surface area contributed by atoms with Gasteiger partial charge in [-0.2, -0.15) is 8.78 Å². The second-order valence-corrected chi connectivity index (χ2v) is 7.45. The molecule has 0 bridgehead atoms. The highest BCUT2D eigenvalue weighted by molar-refractivity contribution is 7.91. The second-order valence-electron chi connectivity index (χ2n) is 5.53. The molecule has 1 saturated carbocycles. The molecule has 0 spiro atoms. The van der Waals surface area contributed by atoms with Crippen LogP contribution < -0.4 is 4.90 Å². The first-order valence-corrected chi connectivity index (χ1v) is 7.97. The van der Waals surface area contributed by atoms with E-state index in [4.69, 9.17) is 0 Å². The Morgan fingerprint density at radius 2 is 1.75 bits per heavy atom. The Bertz CT molecular complexity index is 605. The van der Waals surface area contributed by atoms with Gasteiger partial charge in [-0.25, -0.2) is 8.42 Å². The van der Waals surface area contributed by atoms with Crippen LogP contribution in [0.1, 0.15) is 12.8 Å². The molecule has 1 N–H and O–H groups in total. The van der Waals surface area contributed by atoms with Gasteiger partial charge in [0.25, 0.3) is 0 Å². The van der Waals surface area contributed by atoms with Gasteiger partial charge in [0.1, 0.15) is 5.60 Å². The van der Waals surface area contributed by atoms with Crippen molar-refractivity contribution in [3.8, 4) is 0 Å². The largest absolute Gasteiger partial charge is 0.386 e. The first-order chi connectivity index (χ1) is 9.33. The lowest BCUT2D eigenvalue weighted by atomic mass is 9.88. The van der Waals surface area contributed by atoms with Gasteiger partial charge in [-0.3, -0.25) is 0 Å². The normalized spacial score (nSPS) is 21.9. The molecule has 0 amide bonds. The SMILES string of the molecule is O=S(=O)(c1ccc(N2CC(O)(C3CC3)C2)cc1)C(F)F. The molecule has 2 aliphatic rings. The molecule has 0 aromatic heterocycles. The molecule has 4 nitrogen and oxygen atoms in total. The minimum atomic E-state index is -4.54. The first kappa shape index (κ1) is 13.8. The molecular weight excluding hydrogens is 288 g/mol. The molecule has 20 heavy (non-hydrogen) atoms. The lowest BCUT2D eigenvalue weighted by molar-refractivity contribution is -0.00930. The fraction of sp³-hybridized carbons (Fsp3) is 0.538. The Morgan fingerprint density at radius 3 is 2.20 bits per heavy atom. The minimum absolute atomic E-state index is 0.372. The molecule has 0 radical (unpaired) electrons. The highest BCUT2D eigenvalue weighted by Crippen LogP contribution is 2.45. The van der Waals surface area contributed by atoms with Gasteiger partial charge in [-0.15, -0.1) is 0 Å². The van der Waals surface area contributed by atoms with Gasteiger partial charge < -0.3 is 10.0 Å². The fourth-order valence-corrected chi connectivity index (χ4v) is 3.35. The molecule has 3 rings (SSSR count). The summed E-state index contributed by atoms with van der Waals surface area (Å²) in [6.07, 6.45) is 2.10. The van der Waals surface area contributed by atoms with E-state index in [9.17, 15) is 22.3 Å². The highest BCUT2D eigenvalue weighted by Gasteiger charge is 2.51. The van der Waals surface area contributed by atoms with Crippen LogP contribution in [0.5, 0.6) is 0 Å². The van der Waals surface area contributed by atoms with Gasteiger partial charge >= 0.3 is 5.76 Å². The monoisotopic (exact) mass is 303 g/mol. The third-order valence-corrected chi connectivity index (χ3v) is 5.43. The standard InChI is InChI=1S/C13H15F2NO3S/c14-12(15)20(18,19)11-5-3-10(4-6-11)16-7-13(17,8-16)9-1-2-9/h3-6,9,12,17H,1-2,7-8H2. The topological polar surface area (TPSA) is 57.6 Å². The molecule has 1 aromatic carbocycles. The molecule has 0 unspecified atom stereocenters. The summed E-state index contributed by atoms with van der Waals surface area (Å²) in [5, 5.41) is 10.2.